The van der Waals surface area contributed by atoms with Gasteiger partial charge in [-0.3, -0.25) is 0 Å². The van der Waals surface area contributed by atoms with E-state index >= 15 is 0 Å². The molecular weight excluding hydrogens is 456 g/mol. The van der Waals surface area contributed by atoms with Crippen LogP contribution in [0.1, 0.15) is 47.4 Å². The maximum atomic E-state index is 13.5. The van der Waals surface area contributed by atoms with Crippen molar-refractivity contribution in [2.24, 2.45) is 0 Å². The summed E-state index contributed by atoms with van der Waals surface area (Å²) in [4.78, 5) is 0. The maximum absolute atomic E-state index is 13.5. The van der Waals surface area contributed by atoms with E-state index in [9.17, 15) is 17.6 Å². The third kappa shape index (κ3) is 4.19. The first-order valence-corrected chi connectivity index (χ1v) is 11.8. The van der Waals surface area contributed by atoms with E-state index in [1.54, 1.807) is 14.2 Å². The lowest BCUT2D eigenvalue weighted by molar-refractivity contribution is -0.138. The van der Waals surface area contributed by atoms with Gasteiger partial charge in [0.15, 0.2) is 0 Å². The van der Waals surface area contributed by atoms with Crippen LogP contribution >= 0.6 is 0 Å². The van der Waals surface area contributed by atoms with Gasteiger partial charge in [0.2, 0.25) is 0 Å². The molecule has 0 fully saturated rings. The molecule has 0 saturated heterocycles. The molecular formula is C29H26F4O2. The number of fused-ring (bicyclic) bond motifs is 5. The molecule has 182 valence electrons. The van der Waals surface area contributed by atoms with Gasteiger partial charge in [0.05, 0.1) is 25.2 Å². The molecule has 4 aromatic rings. The molecule has 1 unspecified atom stereocenters. The van der Waals surface area contributed by atoms with Crippen LogP contribution in [0.25, 0.3) is 21.5 Å². The zero-order chi connectivity index (χ0) is 24.7. The molecule has 35 heavy (non-hydrogen) atoms. The summed E-state index contributed by atoms with van der Waals surface area (Å²) < 4.78 is 65.3. The van der Waals surface area contributed by atoms with Crippen LogP contribution in [-0.2, 0) is 19.0 Å². The van der Waals surface area contributed by atoms with Crippen LogP contribution in [0, 0.1) is 5.82 Å². The van der Waals surface area contributed by atoms with Gasteiger partial charge in [-0.25, -0.2) is 4.39 Å². The molecule has 0 heterocycles. The number of alkyl halides is 3. The van der Waals surface area contributed by atoms with Crippen LogP contribution in [-0.4, -0.2) is 14.2 Å². The van der Waals surface area contributed by atoms with Gasteiger partial charge < -0.3 is 9.47 Å². The summed E-state index contributed by atoms with van der Waals surface area (Å²) in [5, 5.41) is 4.19. The standard InChI is InChI=1S/C29H26F4O2/c1-34-26-8-4-7-23-22-14-13-20-17(5-3-6-21(20)24(22)16-27(35-2)28(23)26)9-10-18-11-12-19(30)15-25(18)29(31,32)33/h4,7-8,11-17H,3,5-6,9-10H2,1-2H3. The number of rotatable bonds is 5. The second-order valence-electron chi connectivity index (χ2n) is 9.12. The lowest BCUT2D eigenvalue weighted by Crippen LogP contribution is -2.14. The topological polar surface area (TPSA) is 18.5 Å². The fourth-order valence-corrected chi connectivity index (χ4v) is 5.63. The van der Waals surface area contributed by atoms with Gasteiger partial charge in [-0.15, -0.1) is 0 Å². The molecule has 0 spiro atoms. The van der Waals surface area contributed by atoms with Gasteiger partial charge in [-0.2, -0.15) is 13.2 Å². The molecule has 1 aliphatic carbocycles. The van der Waals surface area contributed by atoms with E-state index in [-0.39, 0.29) is 17.9 Å². The Labute approximate surface area is 201 Å². The predicted molar refractivity (Wildman–Crippen MR) is 130 cm³/mol. The van der Waals surface area contributed by atoms with Gasteiger partial charge in [-0.1, -0.05) is 30.3 Å². The van der Waals surface area contributed by atoms with Crippen molar-refractivity contribution in [2.45, 2.75) is 44.2 Å². The molecule has 0 N–H and O–H groups in total. The Morgan fingerprint density at radius 3 is 2.43 bits per heavy atom. The third-order valence-electron chi connectivity index (χ3n) is 7.23. The summed E-state index contributed by atoms with van der Waals surface area (Å²) in [6, 6.07) is 15.2. The Balaban J connectivity index is 1.55. The van der Waals surface area contributed by atoms with Crippen molar-refractivity contribution in [1.29, 1.82) is 0 Å². The quantitative estimate of drug-likeness (QED) is 0.211. The summed E-state index contributed by atoms with van der Waals surface area (Å²) >= 11 is 0. The predicted octanol–water partition coefficient (Wildman–Crippen LogP) is 8.22. The first-order chi connectivity index (χ1) is 16.8. The molecule has 0 saturated carbocycles. The van der Waals surface area contributed by atoms with E-state index in [0.717, 1.165) is 58.4 Å². The Hall–Kier alpha value is -3.28. The summed E-state index contributed by atoms with van der Waals surface area (Å²) in [6.07, 6.45) is -0.964. The van der Waals surface area contributed by atoms with Crippen LogP contribution < -0.4 is 9.47 Å². The smallest absolute Gasteiger partial charge is 0.416 e. The molecule has 1 aliphatic rings. The molecule has 0 aliphatic heterocycles. The highest BCUT2D eigenvalue weighted by Crippen LogP contribution is 2.45. The minimum atomic E-state index is -4.57. The fraction of sp³-hybridized carbons (Fsp3) is 0.310. The van der Waals surface area contributed by atoms with Crippen LogP contribution in [0.4, 0.5) is 17.6 Å². The highest BCUT2D eigenvalue weighted by Gasteiger charge is 2.34. The number of hydrogen-bond donors (Lipinski definition) is 0. The number of hydrogen-bond acceptors (Lipinski definition) is 2. The van der Waals surface area contributed by atoms with Crippen molar-refractivity contribution in [3.05, 3.63) is 82.7 Å². The molecule has 0 aromatic heterocycles. The molecule has 0 radical (unpaired) electrons. The first-order valence-electron chi connectivity index (χ1n) is 11.8. The van der Waals surface area contributed by atoms with Gasteiger partial charge in [-0.05, 0) is 95.1 Å². The van der Waals surface area contributed by atoms with E-state index in [4.69, 9.17) is 9.47 Å². The highest BCUT2D eigenvalue weighted by atomic mass is 19.4. The zero-order valence-corrected chi connectivity index (χ0v) is 19.6. The molecule has 1 atom stereocenters. The Morgan fingerprint density at radius 1 is 0.886 bits per heavy atom. The molecule has 6 heteroatoms. The SMILES string of the molecule is COc1cccc2c1c(OC)cc1c3c(ccc12)C(CCc1ccc(F)cc1C(F)(F)F)CCC3. The number of benzene rings is 4. The number of aryl methyl sites for hydroxylation is 2. The lowest BCUT2D eigenvalue weighted by atomic mass is 9.77. The van der Waals surface area contributed by atoms with Gasteiger partial charge in [0, 0.05) is 0 Å². The minimum Gasteiger partial charge on any atom is -0.496 e. The summed E-state index contributed by atoms with van der Waals surface area (Å²) in [6.45, 7) is 0. The average molecular weight is 483 g/mol. The van der Waals surface area contributed by atoms with Gasteiger partial charge >= 0.3 is 6.18 Å². The van der Waals surface area contributed by atoms with Crippen molar-refractivity contribution in [3.63, 3.8) is 0 Å². The third-order valence-corrected chi connectivity index (χ3v) is 7.23. The van der Waals surface area contributed by atoms with Crippen LogP contribution in [0.2, 0.25) is 0 Å². The summed E-state index contributed by atoms with van der Waals surface area (Å²) in [5.74, 6) is 0.757. The highest BCUT2D eigenvalue weighted by molar-refractivity contribution is 6.13. The summed E-state index contributed by atoms with van der Waals surface area (Å²) in [7, 11) is 3.29. The monoisotopic (exact) mass is 482 g/mol. The molecule has 5 rings (SSSR count). The Kier molecular flexibility index (Phi) is 6.07. The Bertz CT molecular complexity index is 1410. The lowest BCUT2D eigenvalue weighted by Gasteiger charge is -2.28. The average Bonchev–Trinajstić information content (AvgIpc) is 2.86. The van der Waals surface area contributed by atoms with E-state index in [1.807, 2.05) is 12.1 Å². The number of ether oxygens (including phenoxy) is 2. The second-order valence-corrected chi connectivity index (χ2v) is 9.12. The second kappa shape index (κ2) is 9.06. The first kappa shape index (κ1) is 23.5. The van der Waals surface area contributed by atoms with Crippen molar-refractivity contribution in [2.75, 3.05) is 14.2 Å². The summed E-state index contributed by atoms with van der Waals surface area (Å²) in [5.41, 5.74) is 1.68. The van der Waals surface area contributed by atoms with Crippen LogP contribution in [0.3, 0.4) is 0 Å². The van der Waals surface area contributed by atoms with Crippen molar-refractivity contribution >= 4 is 21.5 Å². The van der Waals surface area contributed by atoms with Gasteiger partial charge in [0.25, 0.3) is 0 Å². The van der Waals surface area contributed by atoms with Crippen molar-refractivity contribution < 1.29 is 27.0 Å². The molecule has 0 bridgehead atoms. The van der Waals surface area contributed by atoms with E-state index in [2.05, 4.69) is 24.3 Å². The number of halogens is 4. The Morgan fingerprint density at radius 2 is 1.69 bits per heavy atom. The minimum absolute atomic E-state index is 0.140. The maximum Gasteiger partial charge on any atom is 0.416 e. The fourth-order valence-electron chi connectivity index (χ4n) is 5.63. The van der Waals surface area contributed by atoms with Crippen LogP contribution in [0.15, 0.2) is 54.6 Å². The number of methoxy groups -OCH3 is 2. The van der Waals surface area contributed by atoms with Crippen molar-refractivity contribution in [1.82, 2.24) is 0 Å². The molecule has 4 aromatic carbocycles. The van der Waals surface area contributed by atoms with Gasteiger partial charge in [0.1, 0.15) is 17.3 Å². The molecule has 2 nitrogen and oxygen atoms in total. The van der Waals surface area contributed by atoms with Crippen LogP contribution in [0.5, 0.6) is 11.5 Å². The normalized spacial score (nSPS) is 15.9. The largest absolute Gasteiger partial charge is 0.496 e. The zero-order valence-electron chi connectivity index (χ0n) is 19.6. The van der Waals surface area contributed by atoms with Crippen molar-refractivity contribution in [3.8, 4) is 11.5 Å². The van der Waals surface area contributed by atoms with E-state index in [1.165, 1.54) is 17.2 Å². The van der Waals surface area contributed by atoms with E-state index < -0.39 is 17.6 Å². The van der Waals surface area contributed by atoms with E-state index in [0.29, 0.717) is 12.5 Å². The molecule has 0 amide bonds.